The Balaban J connectivity index is 0.709. The number of nitrogens with one attached hydrogen (secondary N) is 2. The van der Waals surface area contributed by atoms with Crippen molar-refractivity contribution in [1.29, 1.82) is 0 Å². The quantitative estimate of drug-likeness (QED) is 0.278. The van der Waals surface area contributed by atoms with Gasteiger partial charge in [-0.05, 0) is 168 Å². The van der Waals surface area contributed by atoms with E-state index in [0.717, 1.165) is 130 Å². The minimum absolute atomic E-state index is 0.209. The number of rotatable bonds is 7. The van der Waals surface area contributed by atoms with E-state index in [9.17, 15) is 14.4 Å². The van der Waals surface area contributed by atoms with Crippen LogP contribution in [-0.2, 0) is 14.3 Å². The summed E-state index contributed by atoms with van der Waals surface area (Å²) in [5, 5.41) is 6.07. The third-order valence-corrected chi connectivity index (χ3v) is 15.4. The summed E-state index contributed by atoms with van der Waals surface area (Å²) in [4.78, 5) is 56.3. The number of piperidine rings is 1. The van der Waals surface area contributed by atoms with E-state index in [-0.39, 0.29) is 18.0 Å². The first-order valence-corrected chi connectivity index (χ1v) is 25.6. The molecule has 0 radical (unpaired) electrons. The lowest BCUT2D eigenvalue weighted by Gasteiger charge is -2.60. The number of aliphatic imine (C=N–C) groups is 1. The van der Waals surface area contributed by atoms with Crippen molar-refractivity contribution in [3.63, 3.8) is 0 Å². The summed E-state index contributed by atoms with van der Waals surface area (Å²) in [6.45, 7) is 19.6. The van der Waals surface area contributed by atoms with Crippen LogP contribution in [-0.4, -0.2) is 123 Å². The third-order valence-electron chi connectivity index (χ3n) is 15.4. The average Bonchev–Trinajstić information content (AvgIpc) is 3.45. The van der Waals surface area contributed by atoms with Crippen LogP contribution in [0.5, 0.6) is 0 Å². The van der Waals surface area contributed by atoms with Gasteiger partial charge in [0.15, 0.2) is 0 Å². The van der Waals surface area contributed by atoms with E-state index < -0.39 is 5.60 Å². The summed E-state index contributed by atoms with van der Waals surface area (Å²) in [6.07, 6.45) is 18.0. The molecule has 10 rings (SSSR count). The zero-order valence-corrected chi connectivity index (χ0v) is 41.4. The molecule has 0 saturated carbocycles. The van der Waals surface area contributed by atoms with Gasteiger partial charge in [0.1, 0.15) is 23.8 Å². The van der Waals surface area contributed by atoms with Crippen LogP contribution in [0.3, 0.4) is 0 Å². The van der Waals surface area contributed by atoms with Gasteiger partial charge in [-0.2, -0.15) is 0 Å². The summed E-state index contributed by atoms with van der Waals surface area (Å²) < 4.78 is 12.1. The first-order valence-electron chi connectivity index (χ1n) is 25.6. The van der Waals surface area contributed by atoms with Gasteiger partial charge in [-0.3, -0.25) is 24.8 Å². The molecule has 0 atom stereocenters. The Morgan fingerprint density at radius 1 is 0.870 bits per heavy atom. The van der Waals surface area contributed by atoms with Crippen molar-refractivity contribution >= 4 is 47.0 Å². The van der Waals surface area contributed by atoms with Gasteiger partial charge in [0.05, 0.1) is 12.2 Å². The number of allylic oxidation sites excluding steroid dienone is 5. The molecule has 14 heteroatoms. The van der Waals surface area contributed by atoms with Crippen LogP contribution in [0.2, 0.25) is 0 Å². The molecule has 0 unspecified atom stereocenters. The minimum Gasteiger partial charge on any atom is -0.494 e. The number of hydrogen-bond donors (Lipinski definition) is 2. The summed E-state index contributed by atoms with van der Waals surface area (Å²) in [7, 11) is 0. The predicted molar refractivity (Wildman–Crippen MR) is 273 cm³/mol. The Labute approximate surface area is 408 Å². The topological polar surface area (TPSA) is 126 Å². The molecular formula is C55H71N9O5. The number of nitrogens with zero attached hydrogens (tertiary/aromatic N) is 7. The molecule has 0 aromatic heterocycles. The Bertz CT molecular complexity index is 2510. The minimum atomic E-state index is -0.584. The number of amides is 4. The molecule has 7 aliphatic heterocycles. The second-order valence-electron chi connectivity index (χ2n) is 21.4. The van der Waals surface area contributed by atoms with E-state index in [1.54, 1.807) is 9.80 Å². The SMILES string of the molecule is C/C1=C(N2CCC3=C(CCC/C=C(Nc4ccc(N5CCC6(CC5)CN(C5CN(c7ccc(N8CCC(=O)NC8=O)c(C)c7)C5)C6)cc4)/N=C\3)C2)/C=C/CCCC2=C1N(C(=O)OC(C)(C)C)CCO2. The number of carbonyl (C=O) groups excluding carboxylic acids is 3. The Hall–Kier alpha value is -6.02. The molecule has 366 valence electrons. The molecule has 4 amide bonds. The normalized spacial score (nSPS) is 25.5. The molecule has 2 N–H and O–H groups in total. The second-order valence-corrected chi connectivity index (χ2v) is 21.4. The molecule has 8 aliphatic rings. The van der Waals surface area contributed by atoms with Gasteiger partial charge in [0.2, 0.25) is 5.91 Å². The van der Waals surface area contributed by atoms with Crippen LogP contribution in [0.4, 0.5) is 32.3 Å². The maximum Gasteiger partial charge on any atom is 0.415 e. The van der Waals surface area contributed by atoms with E-state index in [1.807, 2.05) is 33.8 Å². The van der Waals surface area contributed by atoms with Crippen LogP contribution in [0, 0.1) is 12.3 Å². The number of aryl methyl sites for hydroxylation is 1. The molecule has 0 bridgehead atoms. The van der Waals surface area contributed by atoms with E-state index in [1.165, 1.54) is 48.5 Å². The maximum atomic E-state index is 13.6. The lowest BCUT2D eigenvalue weighted by molar-refractivity contribution is -0.120. The van der Waals surface area contributed by atoms with Gasteiger partial charge >= 0.3 is 12.1 Å². The van der Waals surface area contributed by atoms with Gasteiger partial charge < -0.3 is 29.5 Å². The lowest BCUT2D eigenvalue weighted by Crippen LogP contribution is -2.70. The van der Waals surface area contributed by atoms with E-state index in [2.05, 4.69) is 98.0 Å². The highest BCUT2D eigenvalue weighted by molar-refractivity contribution is 6.06. The van der Waals surface area contributed by atoms with Crippen molar-refractivity contribution in [2.24, 2.45) is 10.4 Å². The maximum absolute atomic E-state index is 13.6. The van der Waals surface area contributed by atoms with Crippen LogP contribution >= 0.6 is 0 Å². The highest BCUT2D eigenvalue weighted by atomic mass is 16.6. The molecule has 14 nitrogen and oxygen atoms in total. The molecule has 69 heavy (non-hydrogen) atoms. The van der Waals surface area contributed by atoms with Gasteiger partial charge in [0.25, 0.3) is 0 Å². The van der Waals surface area contributed by atoms with Crippen molar-refractivity contribution in [2.45, 2.75) is 110 Å². The zero-order valence-electron chi connectivity index (χ0n) is 41.4. The number of ether oxygens (including phenoxy) is 2. The van der Waals surface area contributed by atoms with Crippen molar-refractivity contribution in [3.05, 3.63) is 106 Å². The summed E-state index contributed by atoms with van der Waals surface area (Å²) in [6, 6.07) is 15.5. The highest BCUT2D eigenvalue weighted by Gasteiger charge is 2.49. The fourth-order valence-electron chi connectivity index (χ4n) is 11.5. The number of imide groups is 1. The van der Waals surface area contributed by atoms with Gasteiger partial charge in [-0.15, -0.1) is 0 Å². The molecule has 1 spiro atoms. The van der Waals surface area contributed by atoms with Gasteiger partial charge in [-0.1, -0.05) is 6.08 Å². The van der Waals surface area contributed by atoms with Crippen LogP contribution in [0.25, 0.3) is 0 Å². The van der Waals surface area contributed by atoms with Crippen molar-refractivity contribution < 1.29 is 23.9 Å². The molecule has 2 aromatic rings. The van der Waals surface area contributed by atoms with Gasteiger partial charge in [0, 0.05) is 112 Å². The van der Waals surface area contributed by atoms with E-state index in [4.69, 9.17) is 14.5 Å². The zero-order chi connectivity index (χ0) is 47.9. The standard InChI is InChI=1S/C55H71N9O5/c1-38-31-44(19-20-46(38)63-26-22-50(65)58-52(63)66)61-34-45(35-61)62-36-55(37-62)23-27-59(28-24-55)43-17-15-42(16-18-43)57-49-14-10-9-11-41-33-60(25-21-40(41)32-56-49)47-12-7-6-8-13-48-51(39(47)2)64(29-30-68-48)53(67)69-54(3,4)5/h7,12,14-20,31-32,45,57H,6,8-11,13,21-30,33-37H2,1-5H3,(H,58,65,66)/b12-7+,47-39+,49-14-,56-32-. The van der Waals surface area contributed by atoms with Crippen LogP contribution in [0.15, 0.2) is 105 Å². The Morgan fingerprint density at radius 2 is 1.64 bits per heavy atom. The number of likely N-dealkylation sites (tertiary alicyclic amines) is 1. The largest absolute Gasteiger partial charge is 0.494 e. The second kappa shape index (κ2) is 19.4. The van der Waals surface area contributed by atoms with Gasteiger partial charge in [-0.25, -0.2) is 14.6 Å². The van der Waals surface area contributed by atoms with E-state index >= 15 is 0 Å². The fourth-order valence-corrected chi connectivity index (χ4v) is 11.5. The monoisotopic (exact) mass is 938 g/mol. The fraction of sp³-hybridized carbons (Fsp3) is 0.527. The number of carbonyl (C=O) groups is 3. The smallest absolute Gasteiger partial charge is 0.415 e. The van der Waals surface area contributed by atoms with Crippen molar-refractivity contribution in [3.8, 4) is 0 Å². The summed E-state index contributed by atoms with van der Waals surface area (Å²) in [5.41, 5.74) is 11.1. The highest BCUT2D eigenvalue weighted by Crippen LogP contribution is 2.44. The average molecular weight is 938 g/mol. The summed E-state index contributed by atoms with van der Waals surface area (Å²) in [5.74, 6) is 1.58. The Kier molecular flexibility index (Phi) is 13.1. The first-order chi connectivity index (χ1) is 33.3. The molecule has 4 fully saturated rings. The van der Waals surface area contributed by atoms with Crippen LogP contribution in [0.1, 0.15) is 97.5 Å². The van der Waals surface area contributed by atoms with Crippen molar-refractivity contribution in [1.82, 2.24) is 20.0 Å². The van der Waals surface area contributed by atoms with Crippen molar-refractivity contribution in [2.75, 3.05) is 92.1 Å². The summed E-state index contributed by atoms with van der Waals surface area (Å²) >= 11 is 0. The van der Waals surface area contributed by atoms with E-state index in [0.29, 0.717) is 37.6 Å². The molecular weight excluding hydrogens is 867 g/mol. The predicted octanol–water partition coefficient (Wildman–Crippen LogP) is 9.24. The number of hydrogen-bond acceptors (Lipinski definition) is 11. The number of benzene rings is 2. The Morgan fingerprint density at radius 3 is 2.39 bits per heavy atom. The number of anilines is 4. The molecule has 2 aromatic carbocycles. The molecule has 7 heterocycles. The lowest BCUT2D eigenvalue weighted by atomic mass is 9.71. The van der Waals surface area contributed by atoms with Crippen LogP contribution < -0.4 is 25.3 Å². The number of urea groups is 1. The molecule has 1 aliphatic carbocycles. The molecule has 4 saturated heterocycles. The third kappa shape index (κ3) is 10.2. The first kappa shape index (κ1) is 46.7.